The summed E-state index contributed by atoms with van der Waals surface area (Å²) in [5, 5.41) is 0. The van der Waals surface area contributed by atoms with E-state index in [1.807, 2.05) is 71.6 Å². The highest BCUT2D eigenvalue weighted by atomic mass is 19.4. The Morgan fingerprint density at radius 1 is 0.702 bits per heavy atom. The van der Waals surface area contributed by atoms with E-state index in [0.717, 1.165) is 23.1 Å². The Bertz CT molecular complexity index is 1530. The zero-order valence-corrected chi connectivity index (χ0v) is 26.6. The number of pyridine rings is 1. The third-order valence-electron chi connectivity index (χ3n) is 9.21. The van der Waals surface area contributed by atoms with E-state index in [-0.39, 0.29) is 36.0 Å². The van der Waals surface area contributed by atoms with Crippen LogP contribution in [-0.4, -0.2) is 60.4 Å². The Kier molecular flexibility index (Phi) is 10.9. The molecule has 4 aromatic rings. The van der Waals surface area contributed by atoms with Crippen LogP contribution in [0.5, 0.6) is 0 Å². The van der Waals surface area contributed by atoms with Crippen molar-refractivity contribution in [2.24, 2.45) is 5.92 Å². The number of piperidine rings is 1. The minimum atomic E-state index is -4.50. The van der Waals surface area contributed by atoms with E-state index in [1.165, 1.54) is 12.3 Å². The number of hydrogen-bond donors (Lipinski definition) is 0. The van der Waals surface area contributed by atoms with Gasteiger partial charge in [-0.05, 0) is 48.1 Å². The lowest BCUT2D eigenvalue weighted by Gasteiger charge is -2.48. The third kappa shape index (κ3) is 8.59. The fraction of sp³-hybridized carbons (Fsp3) is 0.395. The largest absolute Gasteiger partial charge is 0.435 e. The summed E-state index contributed by atoms with van der Waals surface area (Å²) >= 11 is 0. The van der Waals surface area contributed by atoms with E-state index >= 15 is 0 Å². The molecule has 0 saturated carbocycles. The van der Waals surface area contributed by atoms with Crippen molar-refractivity contribution in [3.05, 3.63) is 132 Å². The van der Waals surface area contributed by atoms with Gasteiger partial charge in [0.25, 0.3) is 0 Å². The number of aromatic nitrogens is 1. The lowest BCUT2D eigenvalue weighted by molar-refractivity contribution is -0.201. The Hall–Kier alpha value is -3.76. The van der Waals surface area contributed by atoms with E-state index in [4.69, 9.17) is 14.2 Å². The molecule has 6 rings (SSSR count). The molecule has 2 saturated heterocycles. The topological polar surface area (TPSA) is 47.1 Å². The average molecular weight is 646 g/mol. The maximum Gasteiger partial charge on any atom is 0.435 e. The molecule has 3 heterocycles. The predicted molar refractivity (Wildman–Crippen MR) is 176 cm³/mol. The smallest absolute Gasteiger partial charge is 0.369 e. The van der Waals surface area contributed by atoms with Crippen molar-refractivity contribution in [1.82, 2.24) is 9.88 Å². The van der Waals surface area contributed by atoms with Crippen LogP contribution in [0.15, 0.2) is 109 Å². The lowest BCUT2D eigenvalue weighted by atomic mass is 9.92. The van der Waals surface area contributed by atoms with Gasteiger partial charge in [-0.15, -0.1) is 0 Å². The maximum atomic E-state index is 13.8. The van der Waals surface area contributed by atoms with Gasteiger partial charge in [0.15, 0.2) is 5.69 Å². The number of halogens is 3. The Balaban J connectivity index is 1.22. The number of ether oxygens (including phenoxy) is 3. The molecule has 6 nitrogen and oxygen atoms in total. The van der Waals surface area contributed by atoms with E-state index in [9.17, 15) is 13.2 Å². The number of alkyl halides is 3. The third-order valence-corrected chi connectivity index (χ3v) is 9.21. The molecular formula is C38H42F3N3O3. The Morgan fingerprint density at radius 3 is 1.83 bits per heavy atom. The highest BCUT2D eigenvalue weighted by Crippen LogP contribution is 2.37. The van der Waals surface area contributed by atoms with Gasteiger partial charge >= 0.3 is 6.18 Å². The first-order chi connectivity index (χ1) is 22.8. The summed E-state index contributed by atoms with van der Waals surface area (Å²) in [7, 11) is 0. The van der Waals surface area contributed by atoms with Crippen LogP contribution < -0.4 is 4.90 Å². The first kappa shape index (κ1) is 33.2. The summed E-state index contributed by atoms with van der Waals surface area (Å²) in [5.74, 6) is 0.171. The molecule has 9 heteroatoms. The molecule has 47 heavy (non-hydrogen) atoms. The van der Waals surface area contributed by atoms with Crippen molar-refractivity contribution in [1.29, 1.82) is 0 Å². The number of rotatable bonds is 12. The molecule has 2 aliphatic heterocycles. The second-order valence-corrected chi connectivity index (χ2v) is 12.5. The normalized spacial score (nSPS) is 23.7. The zero-order valence-electron chi connectivity index (χ0n) is 26.6. The minimum Gasteiger partial charge on any atom is -0.369 e. The highest BCUT2D eigenvalue weighted by Gasteiger charge is 2.45. The van der Waals surface area contributed by atoms with E-state index in [0.29, 0.717) is 46.0 Å². The van der Waals surface area contributed by atoms with Gasteiger partial charge in [0, 0.05) is 38.4 Å². The van der Waals surface area contributed by atoms with Gasteiger partial charge in [-0.1, -0.05) is 91.0 Å². The maximum absolute atomic E-state index is 13.8. The van der Waals surface area contributed by atoms with Crippen LogP contribution in [0.2, 0.25) is 0 Å². The Morgan fingerprint density at radius 2 is 1.26 bits per heavy atom. The van der Waals surface area contributed by atoms with Gasteiger partial charge in [0.05, 0.1) is 31.6 Å². The van der Waals surface area contributed by atoms with Gasteiger partial charge in [0.2, 0.25) is 0 Å². The van der Waals surface area contributed by atoms with Gasteiger partial charge in [-0.3, -0.25) is 4.90 Å². The lowest BCUT2D eigenvalue weighted by Crippen LogP contribution is -2.63. The van der Waals surface area contributed by atoms with Crippen LogP contribution in [0.3, 0.4) is 0 Å². The van der Waals surface area contributed by atoms with Crippen LogP contribution in [0.25, 0.3) is 0 Å². The van der Waals surface area contributed by atoms with Gasteiger partial charge in [-0.2, -0.15) is 13.2 Å². The van der Waals surface area contributed by atoms with E-state index in [2.05, 4.69) is 41.1 Å². The van der Waals surface area contributed by atoms with Crippen LogP contribution >= 0.6 is 0 Å². The van der Waals surface area contributed by atoms with Crippen LogP contribution in [0.4, 0.5) is 18.9 Å². The number of hydrogen-bond acceptors (Lipinski definition) is 6. The van der Waals surface area contributed by atoms with Crippen molar-refractivity contribution in [2.75, 3.05) is 31.1 Å². The first-order valence-electron chi connectivity index (χ1n) is 16.3. The molecule has 0 aliphatic carbocycles. The van der Waals surface area contributed by atoms with E-state index in [1.54, 1.807) is 6.07 Å². The summed E-state index contributed by atoms with van der Waals surface area (Å²) in [6.45, 7) is 5.86. The SMILES string of the molecule is C[C@@H]1[C@@H](OCc2ccccc2)[C@H](OCc2ccccc2)[C@@H](OCc2ccccc2)CN1C[C@H]1CCN(c2cccnc2C(F)(F)F)C1. The van der Waals surface area contributed by atoms with Crippen LogP contribution in [0, 0.1) is 5.92 Å². The van der Waals surface area contributed by atoms with Gasteiger partial charge in [0.1, 0.15) is 12.2 Å². The quantitative estimate of drug-likeness (QED) is 0.160. The second kappa shape index (κ2) is 15.4. The molecule has 0 bridgehead atoms. The fourth-order valence-electron chi connectivity index (χ4n) is 6.73. The van der Waals surface area contributed by atoms with Crippen molar-refractivity contribution in [2.45, 2.75) is 63.7 Å². The number of anilines is 1. The summed E-state index contributed by atoms with van der Waals surface area (Å²) < 4.78 is 61.4. The van der Waals surface area contributed by atoms with Gasteiger partial charge < -0.3 is 19.1 Å². The molecule has 2 aliphatic rings. The fourth-order valence-corrected chi connectivity index (χ4v) is 6.73. The molecular weight excluding hydrogens is 603 g/mol. The molecule has 0 spiro atoms. The summed E-state index contributed by atoms with van der Waals surface area (Å²) in [6, 6.07) is 33.4. The standard InChI is InChI=1S/C38H42F3N3O3/c1-28-35(46-26-30-14-7-3-8-15-30)36(47-27-31-16-9-4-10-17-31)34(45-25-29-12-5-2-6-13-29)24-44(28)23-32-19-21-43(22-32)33-18-11-20-42-37(33)38(39,40)41/h2-18,20,28,32,34-36H,19,21-27H2,1H3/t28-,32+,34+,35-,36-/m1/s1. The predicted octanol–water partition coefficient (Wildman–Crippen LogP) is 7.39. The van der Waals surface area contributed by atoms with Crippen molar-refractivity contribution in [3.8, 4) is 0 Å². The number of nitrogens with zero attached hydrogens (tertiary/aromatic N) is 3. The average Bonchev–Trinajstić information content (AvgIpc) is 3.56. The molecule has 2 fully saturated rings. The zero-order chi connectivity index (χ0) is 32.6. The van der Waals surface area contributed by atoms with Crippen molar-refractivity contribution >= 4 is 5.69 Å². The van der Waals surface area contributed by atoms with E-state index < -0.39 is 11.9 Å². The molecule has 1 aromatic heterocycles. The molecule has 248 valence electrons. The van der Waals surface area contributed by atoms with Gasteiger partial charge in [-0.25, -0.2) is 4.98 Å². The van der Waals surface area contributed by atoms with Crippen LogP contribution in [0.1, 0.15) is 35.7 Å². The molecule has 5 atom stereocenters. The second-order valence-electron chi connectivity index (χ2n) is 12.5. The summed E-state index contributed by atoms with van der Waals surface area (Å²) in [5.41, 5.74) is 2.55. The molecule has 0 radical (unpaired) electrons. The Labute approximate surface area is 275 Å². The minimum absolute atomic E-state index is 0.0192. The molecule has 0 amide bonds. The summed E-state index contributed by atoms with van der Waals surface area (Å²) in [6.07, 6.45) is -3.44. The van der Waals surface area contributed by atoms with Crippen molar-refractivity contribution < 1.29 is 27.4 Å². The van der Waals surface area contributed by atoms with Crippen molar-refractivity contribution in [3.63, 3.8) is 0 Å². The summed E-state index contributed by atoms with van der Waals surface area (Å²) in [4.78, 5) is 7.89. The molecule has 3 aromatic carbocycles. The number of benzene rings is 3. The first-order valence-corrected chi connectivity index (χ1v) is 16.3. The van der Waals surface area contributed by atoms with Crippen LogP contribution in [-0.2, 0) is 40.2 Å². The molecule has 0 unspecified atom stereocenters. The highest BCUT2D eigenvalue weighted by molar-refractivity contribution is 5.52. The molecule has 0 N–H and O–H groups in total. The number of likely N-dealkylation sites (tertiary alicyclic amines) is 1. The monoisotopic (exact) mass is 645 g/mol.